The number of aromatic nitrogens is 2. The molecule has 0 radical (unpaired) electrons. The van der Waals surface area contributed by atoms with Gasteiger partial charge in [-0.3, -0.25) is 14.3 Å². The SMILES string of the molecule is CCc1cn(C[C@H](NC(=O)NC2CCCCC2)C(=O)O)c(=O)[nH]c1=O. The minimum atomic E-state index is -1.28. The second-order valence-electron chi connectivity index (χ2n) is 6.26. The van der Waals surface area contributed by atoms with E-state index in [4.69, 9.17) is 0 Å². The largest absolute Gasteiger partial charge is 0.480 e. The van der Waals surface area contributed by atoms with Crippen LogP contribution in [0.3, 0.4) is 0 Å². The van der Waals surface area contributed by atoms with Gasteiger partial charge in [-0.2, -0.15) is 0 Å². The van der Waals surface area contributed by atoms with E-state index in [1.54, 1.807) is 6.92 Å². The Balaban J connectivity index is 2.05. The van der Waals surface area contributed by atoms with Crippen molar-refractivity contribution in [3.8, 4) is 0 Å². The molecule has 1 aliphatic rings. The zero-order chi connectivity index (χ0) is 18.4. The number of aromatic amines is 1. The summed E-state index contributed by atoms with van der Waals surface area (Å²) in [6.45, 7) is 1.49. The Labute approximate surface area is 144 Å². The van der Waals surface area contributed by atoms with Gasteiger partial charge < -0.3 is 15.7 Å². The van der Waals surface area contributed by atoms with Gasteiger partial charge in [-0.05, 0) is 19.3 Å². The van der Waals surface area contributed by atoms with Crippen LogP contribution in [0, 0.1) is 0 Å². The van der Waals surface area contributed by atoms with Gasteiger partial charge in [0.05, 0.1) is 6.54 Å². The Morgan fingerprint density at radius 2 is 2.00 bits per heavy atom. The van der Waals surface area contributed by atoms with E-state index >= 15 is 0 Å². The molecule has 1 aliphatic carbocycles. The molecule has 138 valence electrons. The van der Waals surface area contributed by atoms with Crippen molar-refractivity contribution in [2.45, 2.75) is 64.1 Å². The number of rotatable bonds is 6. The van der Waals surface area contributed by atoms with Gasteiger partial charge in [-0.1, -0.05) is 26.2 Å². The monoisotopic (exact) mass is 352 g/mol. The lowest BCUT2D eigenvalue weighted by Gasteiger charge is -2.24. The number of aryl methyl sites for hydroxylation is 1. The van der Waals surface area contributed by atoms with Gasteiger partial charge in [0, 0.05) is 17.8 Å². The molecule has 1 aromatic heterocycles. The number of carbonyl (C=O) groups is 2. The van der Waals surface area contributed by atoms with E-state index in [0.29, 0.717) is 12.0 Å². The third-order valence-corrected chi connectivity index (χ3v) is 4.39. The second-order valence-corrected chi connectivity index (χ2v) is 6.26. The van der Waals surface area contributed by atoms with Crippen molar-refractivity contribution in [3.63, 3.8) is 0 Å². The quantitative estimate of drug-likeness (QED) is 0.580. The van der Waals surface area contributed by atoms with Gasteiger partial charge >= 0.3 is 17.7 Å². The fraction of sp³-hybridized carbons (Fsp3) is 0.625. The van der Waals surface area contributed by atoms with Crippen LogP contribution in [0.15, 0.2) is 15.8 Å². The van der Waals surface area contributed by atoms with E-state index in [-0.39, 0.29) is 12.6 Å². The van der Waals surface area contributed by atoms with Crippen LogP contribution in [0.4, 0.5) is 4.79 Å². The molecular formula is C16H24N4O5. The molecule has 0 unspecified atom stereocenters. The van der Waals surface area contributed by atoms with E-state index in [2.05, 4.69) is 15.6 Å². The van der Waals surface area contributed by atoms with Crippen molar-refractivity contribution in [1.82, 2.24) is 20.2 Å². The lowest BCUT2D eigenvalue weighted by atomic mass is 9.96. The van der Waals surface area contributed by atoms with Crippen LogP contribution in [0.2, 0.25) is 0 Å². The summed E-state index contributed by atoms with van der Waals surface area (Å²) in [4.78, 5) is 49.1. The number of nitrogens with zero attached hydrogens (tertiary/aromatic N) is 1. The summed E-state index contributed by atoms with van der Waals surface area (Å²) in [5.74, 6) is -1.25. The molecular weight excluding hydrogens is 328 g/mol. The average Bonchev–Trinajstić information content (AvgIpc) is 2.57. The van der Waals surface area contributed by atoms with Crippen LogP contribution in [0.25, 0.3) is 0 Å². The van der Waals surface area contributed by atoms with Crippen LogP contribution >= 0.6 is 0 Å². The summed E-state index contributed by atoms with van der Waals surface area (Å²) < 4.78 is 1.10. The summed E-state index contributed by atoms with van der Waals surface area (Å²) in [6.07, 6.45) is 6.72. The van der Waals surface area contributed by atoms with E-state index in [9.17, 15) is 24.3 Å². The first-order valence-electron chi connectivity index (χ1n) is 8.53. The van der Waals surface area contributed by atoms with Crippen LogP contribution < -0.4 is 21.9 Å². The molecule has 1 heterocycles. The molecule has 0 aromatic carbocycles. The van der Waals surface area contributed by atoms with Gasteiger partial charge in [0.25, 0.3) is 5.56 Å². The molecule has 0 spiro atoms. The Hall–Kier alpha value is -2.58. The standard InChI is InChI=1S/C16H24N4O5/c1-2-10-8-20(16(25)19-13(10)21)9-12(14(22)23)18-15(24)17-11-6-4-3-5-7-11/h8,11-12H,2-7,9H2,1H3,(H,22,23)(H2,17,18,24)(H,19,21,25)/t12-/m0/s1. The van der Waals surface area contributed by atoms with E-state index < -0.39 is 29.3 Å². The maximum absolute atomic E-state index is 12.0. The first-order valence-corrected chi connectivity index (χ1v) is 8.53. The minimum absolute atomic E-state index is 0.0469. The van der Waals surface area contributed by atoms with Crippen LogP contribution in [-0.2, 0) is 17.8 Å². The third kappa shape index (κ3) is 5.20. The molecule has 1 saturated carbocycles. The molecule has 2 rings (SSSR count). The van der Waals surface area contributed by atoms with E-state index in [1.165, 1.54) is 6.20 Å². The lowest BCUT2D eigenvalue weighted by molar-refractivity contribution is -0.139. The maximum Gasteiger partial charge on any atom is 0.328 e. The predicted molar refractivity (Wildman–Crippen MR) is 90.7 cm³/mol. The molecule has 0 bridgehead atoms. The van der Waals surface area contributed by atoms with Crippen molar-refractivity contribution in [3.05, 3.63) is 32.6 Å². The second kappa shape index (κ2) is 8.50. The van der Waals surface area contributed by atoms with Gasteiger partial charge in [0.15, 0.2) is 0 Å². The fourth-order valence-corrected chi connectivity index (χ4v) is 2.96. The maximum atomic E-state index is 12.0. The first kappa shape index (κ1) is 18.8. The number of amides is 2. The number of carboxylic acid groups (broad SMARTS) is 1. The topological polar surface area (TPSA) is 133 Å². The number of hydrogen-bond donors (Lipinski definition) is 4. The van der Waals surface area contributed by atoms with Crippen molar-refractivity contribution in [1.29, 1.82) is 0 Å². The Morgan fingerprint density at radius 1 is 1.32 bits per heavy atom. The number of carboxylic acids is 1. The van der Waals surface area contributed by atoms with Crippen molar-refractivity contribution >= 4 is 12.0 Å². The number of aliphatic carboxylic acids is 1. The van der Waals surface area contributed by atoms with Gasteiger partial charge in [0.1, 0.15) is 6.04 Å². The molecule has 0 saturated heterocycles. The highest BCUT2D eigenvalue weighted by molar-refractivity contribution is 5.82. The van der Waals surface area contributed by atoms with Gasteiger partial charge in [-0.15, -0.1) is 0 Å². The zero-order valence-electron chi connectivity index (χ0n) is 14.2. The molecule has 1 atom stereocenters. The Bertz CT molecular complexity index is 733. The number of urea groups is 1. The van der Waals surface area contributed by atoms with E-state index in [1.807, 2.05) is 0 Å². The Morgan fingerprint density at radius 3 is 2.60 bits per heavy atom. The summed E-state index contributed by atoms with van der Waals surface area (Å²) in [6, 6.07) is -1.80. The molecule has 1 fully saturated rings. The molecule has 9 heteroatoms. The summed E-state index contributed by atoms with van der Waals surface area (Å²) in [7, 11) is 0. The van der Waals surface area contributed by atoms with E-state index in [0.717, 1.165) is 36.7 Å². The highest BCUT2D eigenvalue weighted by Crippen LogP contribution is 2.17. The molecule has 1 aromatic rings. The smallest absolute Gasteiger partial charge is 0.328 e. The van der Waals surface area contributed by atoms with Crippen LogP contribution in [-0.4, -0.2) is 38.7 Å². The van der Waals surface area contributed by atoms with Gasteiger partial charge in [0.2, 0.25) is 0 Å². The minimum Gasteiger partial charge on any atom is -0.480 e. The van der Waals surface area contributed by atoms with Crippen LogP contribution in [0.1, 0.15) is 44.6 Å². The predicted octanol–water partition coefficient (Wildman–Crippen LogP) is 0.184. The van der Waals surface area contributed by atoms with Gasteiger partial charge in [-0.25, -0.2) is 14.4 Å². The van der Waals surface area contributed by atoms with Crippen molar-refractivity contribution < 1.29 is 14.7 Å². The number of carbonyl (C=O) groups excluding carboxylic acids is 1. The number of hydrogen-bond acceptors (Lipinski definition) is 4. The van der Waals surface area contributed by atoms with Crippen molar-refractivity contribution in [2.24, 2.45) is 0 Å². The summed E-state index contributed by atoms with van der Waals surface area (Å²) >= 11 is 0. The molecule has 9 nitrogen and oxygen atoms in total. The lowest BCUT2D eigenvalue weighted by Crippen LogP contribution is -2.51. The summed E-state index contributed by atoms with van der Waals surface area (Å²) in [5, 5.41) is 14.5. The zero-order valence-corrected chi connectivity index (χ0v) is 14.2. The number of nitrogens with one attached hydrogen (secondary N) is 3. The molecule has 0 aliphatic heterocycles. The number of H-pyrrole nitrogens is 1. The van der Waals surface area contributed by atoms with Crippen molar-refractivity contribution in [2.75, 3.05) is 0 Å². The highest BCUT2D eigenvalue weighted by atomic mass is 16.4. The summed E-state index contributed by atoms with van der Waals surface area (Å²) in [5.41, 5.74) is -0.822. The molecule has 4 N–H and O–H groups in total. The normalized spacial score (nSPS) is 16.2. The highest BCUT2D eigenvalue weighted by Gasteiger charge is 2.23. The molecule has 25 heavy (non-hydrogen) atoms. The fourth-order valence-electron chi connectivity index (χ4n) is 2.96. The third-order valence-electron chi connectivity index (χ3n) is 4.39. The Kier molecular flexibility index (Phi) is 6.37. The average molecular weight is 352 g/mol. The molecule has 2 amide bonds. The first-order chi connectivity index (χ1) is 11.9. The van der Waals surface area contributed by atoms with Crippen LogP contribution in [0.5, 0.6) is 0 Å².